The molecule has 1 unspecified atom stereocenters. The summed E-state index contributed by atoms with van der Waals surface area (Å²) in [7, 11) is 2.26. The van der Waals surface area contributed by atoms with Gasteiger partial charge in [0.1, 0.15) is 5.57 Å². The minimum Gasteiger partial charge on any atom is -0.467 e. The highest BCUT2D eigenvalue weighted by atomic mass is 16.5. The fraction of sp³-hybridized carbons (Fsp3) is 0.357. The van der Waals surface area contributed by atoms with Crippen molar-refractivity contribution in [1.29, 1.82) is 0 Å². The molecule has 1 aliphatic heterocycles. The second kappa shape index (κ2) is 11.2. The molecule has 9 heteroatoms. The van der Waals surface area contributed by atoms with E-state index in [2.05, 4.69) is 16.2 Å². The van der Waals surface area contributed by atoms with Crippen LogP contribution in [-0.2, 0) is 29.4 Å². The first-order valence-corrected chi connectivity index (χ1v) is 12.2. The molecule has 0 bridgehead atoms. The lowest BCUT2D eigenvalue weighted by Gasteiger charge is -2.29. The van der Waals surface area contributed by atoms with Gasteiger partial charge in [-0.15, -0.1) is 0 Å². The maximum atomic E-state index is 14.2. The molecule has 4 rings (SSSR count). The van der Waals surface area contributed by atoms with E-state index in [-0.39, 0.29) is 11.6 Å². The Hall–Kier alpha value is -4.23. The third kappa shape index (κ3) is 4.90. The van der Waals surface area contributed by atoms with Crippen LogP contribution in [0.2, 0.25) is 0 Å². The van der Waals surface area contributed by atoms with Gasteiger partial charge in [-0.25, -0.2) is 24.3 Å². The highest BCUT2D eigenvalue weighted by molar-refractivity contribution is 6.15. The van der Waals surface area contributed by atoms with Crippen LogP contribution in [0.4, 0.5) is 4.79 Å². The molecular weight excluding hydrogens is 474 g/mol. The summed E-state index contributed by atoms with van der Waals surface area (Å²) in [4.78, 5) is 58.8. The molecule has 2 aliphatic rings. The SMILES string of the molecule is COC(=O)C(=C=NC1CCCCC1)C(C(=O)OC)N1C(=O)NC(c2ccccc2)(c2ccccc2)C1=O. The monoisotopic (exact) mass is 503 g/mol. The Labute approximate surface area is 215 Å². The molecule has 9 nitrogen and oxygen atoms in total. The van der Waals surface area contributed by atoms with E-state index < -0.39 is 35.5 Å². The van der Waals surface area contributed by atoms with Crippen LogP contribution in [0.25, 0.3) is 0 Å². The van der Waals surface area contributed by atoms with Crippen molar-refractivity contribution in [3.63, 3.8) is 0 Å². The fourth-order valence-corrected chi connectivity index (χ4v) is 4.88. The molecule has 1 heterocycles. The average Bonchev–Trinajstić information content (AvgIpc) is 3.22. The minimum absolute atomic E-state index is 0.0810. The van der Waals surface area contributed by atoms with Gasteiger partial charge in [0.2, 0.25) is 0 Å². The first-order chi connectivity index (χ1) is 17.9. The Bertz CT molecular complexity index is 1190. The number of rotatable bonds is 7. The average molecular weight is 504 g/mol. The summed E-state index contributed by atoms with van der Waals surface area (Å²) < 4.78 is 9.85. The van der Waals surface area contributed by atoms with E-state index in [1.54, 1.807) is 60.7 Å². The van der Waals surface area contributed by atoms with Crippen LogP contribution in [0, 0.1) is 0 Å². The van der Waals surface area contributed by atoms with Gasteiger partial charge in [-0.2, -0.15) is 0 Å². The topological polar surface area (TPSA) is 114 Å². The van der Waals surface area contributed by atoms with Gasteiger partial charge in [-0.05, 0) is 29.8 Å². The Balaban J connectivity index is 1.87. The predicted octanol–water partition coefficient (Wildman–Crippen LogP) is 3.13. The minimum atomic E-state index is -1.74. The van der Waals surface area contributed by atoms with E-state index in [1.807, 2.05) is 0 Å². The van der Waals surface area contributed by atoms with E-state index in [4.69, 9.17) is 9.47 Å². The van der Waals surface area contributed by atoms with Gasteiger partial charge in [0.05, 0.1) is 20.3 Å². The molecule has 37 heavy (non-hydrogen) atoms. The lowest BCUT2D eigenvalue weighted by molar-refractivity contribution is -0.151. The normalized spacial score (nSPS) is 17.8. The van der Waals surface area contributed by atoms with Gasteiger partial charge in [0.15, 0.2) is 11.6 Å². The zero-order valence-electron chi connectivity index (χ0n) is 20.8. The molecule has 192 valence electrons. The molecule has 2 aromatic rings. The molecule has 1 atom stereocenters. The molecule has 1 saturated heterocycles. The van der Waals surface area contributed by atoms with Crippen molar-refractivity contribution in [2.45, 2.75) is 49.7 Å². The van der Waals surface area contributed by atoms with Gasteiger partial charge in [0.25, 0.3) is 5.91 Å². The summed E-state index contributed by atoms with van der Waals surface area (Å²) in [6.07, 6.45) is 4.73. The largest absolute Gasteiger partial charge is 0.467 e. The molecule has 1 aliphatic carbocycles. The Morgan fingerprint density at radius 3 is 2.03 bits per heavy atom. The van der Waals surface area contributed by atoms with Crippen molar-refractivity contribution in [3.8, 4) is 0 Å². The third-order valence-electron chi connectivity index (χ3n) is 6.77. The number of esters is 2. The summed E-state index contributed by atoms with van der Waals surface area (Å²) >= 11 is 0. The Morgan fingerprint density at radius 1 is 0.946 bits per heavy atom. The fourth-order valence-electron chi connectivity index (χ4n) is 4.88. The van der Waals surface area contributed by atoms with Crippen LogP contribution < -0.4 is 5.32 Å². The molecular formula is C28H29N3O6. The van der Waals surface area contributed by atoms with Gasteiger partial charge < -0.3 is 14.8 Å². The van der Waals surface area contributed by atoms with Crippen LogP contribution in [0.15, 0.2) is 71.2 Å². The van der Waals surface area contributed by atoms with Gasteiger partial charge in [-0.1, -0.05) is 79.9 Å². The molecule has 0 radical (unpaired) electrons. The number of aliphatic imine (C=N–C) groups is 1. The van der Waals surface area contributed by atoms with E-state index in [9.17, 15) is 19.2 Å². The highest BCUT2D eigenvalue weighted by Crippen LogP contribution is 2.37. The summed E-state index contributed by atoms with van der Waals surface area (Å²) in [5.41, 5.74) is -1.02. The number of imide groups is 1. The van der Waals surface area contributed by atoms with Crippen molar-refractivity contribution >= 4 is 29.7 Å². The third-order valence-corrected chi connectivity index (χ3v) is 6.77. The van der Waals surface area contributed by atoms with Crippen molar-refractivity contribution < 1.29 is 28.7 Å². The van der Waals surface area contributed by atoms with Crippen LogP contribution in [0.3, 0.4) is 0 Å². The molecule has 0 spiro atoms. The van der Waals surface area contributed by atoms with Crippen molar-refractivity contribution in [1.82, 2.24) is 10.2 Å². The number of carbonyl (C=O) groups is 4. The van der Waals surface area contributed by atoms with Crippen molar-refractivity contribution in [3.05, 3.63) is 77.4 Å². The Morgan fingerprint density at radius 2 is 1.51 bits per heavy atom. The summed E-state index contributed by atoms with van der Waals surface area (Å²) in [5, 5.41) is 2.78. The molecule has 1 N–H and O–H groups in total. The molecule has 1 saturated carbocycles. The van der Waals surface area contributed by atoms with E-state index in [1.165, 1.54) is 0 Å². The number of amides is 3. The zero-order chi connectivity index (χ0) is 26.4. The summed E-state index contributed by atoms with van der Waals surface area (Å²) in [6, 6.07) is 14.7. The predicted molar refractivity (Wildman–Crippen MR) is 135 cm³/mol. The van der Waals surface area contributed by atoms with Gasteiger partial charge >= 0.3 is 18.0 Å². The lowest BCUT2D eigenvalue weighted by atomic mass is 9.82. The summed E-state index contributed by atoms with van der Waals surface area (Å²) in [6.45, 7) is 0. The first kappa shape index (κ1) is 25.9. The molecule has 3 amide bonds. The second-order valence-electron chi connectivity index (χ2n) is 8.95. The molecule has 2 fully saturated rings. The van der Waals surface area contributed by atoms with Gasteiger partial charge in [-0.3, -0.25) is 4.79 Å². The van der Waals surface area contributed by atoms with Crippen LogP contribution in [0.1, 0.15) is 43.2 Å². The van der Waals surface area contributed by atoms with Crippen molar-refractivity contribution in [2.75, 3.05) is 14.2 Å². The quantitative estimate of drug-likeness (QED) is 0.269. The number of urea groups is 1. The summed E-state index contributed by atoms with van der Waals surface area (Å²) in [5.74, 6) is -0.00239. The van der Waals surface area contributed by atoms with E-state index in [0.717, 1.165) is 46.3 Å². The number of hydrogen-bond donors (Lipinski definition) is 1. The number of methoxy groups -OCH3 is 2. The number of ether oxygens (including phenoxy) is 2. The maximum Gasteiger partial charge on any atom is 0.346 e. The number of nitrogens with zero attached hydrogens (tertiary/aromatic N) is 2. The lowest BCUT2D eigenvalue weighted by Crippen LogP contribution is -2.50. The first-order valence-electron chi connectivity index (χ1n) is 12.2. The number of nitrogens with one attached hydrogen (secondary N) is 1. The molecule has 0 aromatic heterocycles. The van der Waals surface area contributed by atoms with Crippen LogP contribution >= 0.6 is 0 Å². The van der Waals surface area contributed by atoms with Crippen molar-refractivity contribution in [2.24, 2.45) is 4.99 Å². The van der Waals surface area contributed by atoms with Gasteiger partial charge in [0, 0.05) is 0 Å². The Kier molecular flexibility index (Phi) is 7.84. The van der Waals surface area contributed by atoms with Crippen LogP contribution in [-0.4, -0.2) is 60.9 Å². The standard InChI is InChI=1S/C28H29N3O6/c1-36-24(32)22(18-29-21-16-10-5-11-17-21)23(25(33)37-2)31-26(34)28(30-27(31)35,19-12-6-3-7-13-19)20-14-8-4-9-15-20/h3-4,6-9,12-15,21,23H,5,10-11,16-17H2,1-2H3,(H,30,35). The molecule has 2 aromatic carbocycles. The number of benzene rings is 2. The maximum absolute atomic E-state index is 14.2. The van der Waals surface area contributed by atoms with Crippen LogP contribution in [0.5, 0.6) is 0 Å². The smallest absolute Gasteiger partial charge is 0.346 e. The van der Waals surface area contributed by atoms with E-state index in [0.29, 0.717) is 16.0 Å². The highest BCUT2D eigenvalue weighted by Gasteiger charge is 2.58. The second-order valence-corrected chi connectivity index (χ2v) is 8.95. The zero-order valence-corrected chi connectivity index (χ0v) is 20.8. The van der Waals surface area contributed by atoms with E-state index >= 15 is 0 Å². The number of hydrogen-bond acceptors (Lipinski definition) is 7. The number of carbonyl (C=O) groups excluding carboxylic acids is 4.